The Morgan fingerprint density at radius 1 is 1.50 bits per heavy atom. The van der Waals surface area contributed by atoms with Gasteiger partial charge in [-0.2, -0.15) is 5.10 Å². The molecule has 0 aliphatic carbocycles. The third-order valence-corrected chi connectivity index (χ3v) is 7.17. The highest BCUT2D eigenvalue weighted by Gasteiger charge is 2.34. The average Bonchev–Trinajstić information content (AvgIpc) is 3.27. The van der Waals surface area contributed by atoms with Crippen LogP contribution in [0.25, 0.3) is 0 Å². The first-order valence-corrected chi connectivity index (χ1v) is 10.5. The average molecular weight is 399 g/mol. The van der Waals surface area contributed by atoms with Gasteiger partial charge in [0.15, 0.2) is 0 Å². The fourth-order valence-electron chi connectivity index (χ4n) is 3.24. The molecule has 142 valence electrons. The van der Waals surface area contributed by atoms with Crippen molar-refractivity contribution in [3.05, 3.63) is 33.3 Å². The van der Waals surface area contributed by atoms with Crippen molar-refractivity contribution >= 4 is 27.3 Å². The lowest BCUT2D eigenvalue weighted by Crippen LogP contribution is -2.30. The first-order valence-electron chi connectivity index (χ1n) is 8.14. The molecule has 1 fully saturated rings. The summed E-state index contributed by atoms with van der Waals surface area (Å²) in [7, 11) is -1.89. The Balaban J connectivity index is 1.74. The van der Waals surface area contributed by atoms with Gasteiger partial charge in [-0.25, -0.2) is 17.9 Å². The van der Waals surface area contributed by atoms with Crippen molar-refractivity contribution < 1.29 is 23.1 Å². The molecule has 1 aliphatic rings. The quantitative estimate of drug-likeness (QED) is 0.767. The maximum atomic E-state index is 12.5. The van der Waals surface area contributed by atoms with E-state index in [2.05, 4.69) is 9.82 Å². The SMILES string of the molecule is Cc1nn(C)c(C)c1[C@@H]1OCC[C@H]1CNS(=O)(=O)c1csc(C(=O)O)c1. The van der Waals surface area contributed by atoms with E-state index in [1.807, 2.05) is 20.9 Å². The zero-order valence-electron chi connectivity index (χ0n) is 14.7. The first kappa shape index (κ1) is 19.0. The second kappa shape index (κ2) is 7.10. The van der Waals surface area contributed by atoms with Crippen LogP contribution in [0.5, 0.6) is 0 Å². The number of aryl methyl sites for hydroxylation is 2. The number of thiophene rings is 1. The van der Waals surface area contributed by atoms with Crippen molar-refractivity contribution in [1.29, 1.82) is 0 Å². The molecule has 2 aromatic rings. The molecule has 0 bridgehead atoms. The van der Waals surface area contributed by atoms with Gasteiger partial charge in [0.05, 0.1) is 16.7 Å². The minimum Gasteiger partial charge on any atom is -0.477 e. The van der Waals surface area contributed by atoms with Crippen LogP contribution >= 0.6 is 11.3 Å². The highest BCUT2D eigenvalue weighted by molar-refractivity contribution is 7.89. The van der Waals surface area contributed by atoms with Crippen LogP contribution in [0.2, 0.25) is 0 Å². The Kier molecular flexibility index (Phi) is 5.20. The minimum atomic E-state index is -3.76. The summed E-state index contributed by atoms with van der Waals surface area (Å²) in [6, 6.07) is 1.17. The number of hydrogen-bond acceptors (Lipinski definition) is 6. The number of aromatic nitrogens is 2. The number of aromatic carboxylic acids is 1. The third kappa shape index (κ3) is 3.54. The molecule has 0 aromatic carbocycles. The molecule has 0 saturated carbocycles. The highest BCUT2D eigenvalue weighted by Crippen LogP contribution is 2.37. The monoisotopic (exact) mass is 399 g/mol. The molecule has 1 aliphatic heterocycles. The molecule has 8 nitrogen and oxygen atoms in total. The summed E-state index contributed by atoms with van der Waals surface area (Å²) >= 11 is 0.892. The second-order valence-electron chi connectivity index (χ2n) is 6.35. The molecule has 0 spiro atoms. The van der Waals surface area contributed by atoms with Gasteiger partial charge in [-0.15, -0.1) is 11.3 Å². The van der Waals surface area contributed by atoms with Crippen molar-refractivity contribution in [2.75, 3.05) is 13.2 Å². The standard InChI is InChI=1S/C16H21N3O5S2/c1-9-14(10(2)19(3)18-9)15-11(4-5-24-15)7-17-26(22,23)12-6-13(16(20)21)25-8-12/h6,8,11,15,17H,4-5,7H2,1-3H3,(H,20,21)/t11-,15+/m0/s1. The van der Waals surface area contributed by atoms with E-state index >= 15 is 0 Å². The van der Waals surface area contributed by atoms with Gasteiger partial charge in [0.25, 0.3) is 0 Å². The van der Waals surface area contributed by atoms with Crippen LogP contribution in [0.4, 0.5) is 0 Å². The number of rotatable bonds is 6. The predicted molar refractivity (Wildman–Crippen MR) is 95.9 cm³/mol. The lowest BCUT2D eigenvalue weighted by Gasteiger charge is -2.19. The summed E-state index contributed by atoms with van der Waals surface area (Å²) in [5.41, 5.74) is 2.90. The zero-order chi connectivity index (χ0) is 19.1. The molecule has 2 atom stereocenters. The van der Waals surface area contributed by atoms with E-state index in [0.717, 1.165) is 34.7 Å². The van der Waals surface area contributed by atoms with E-state index in [4.69, 9.17) is 9.84 Å². The van der Waals surface area contributed by atoms with E-state index in [0.29, 0.717) is 6.61 Å². The Bertz CT molecular complexity index is 932. The van der Waals surface area contributed by atoms with Gasteiger partial charge < -0.3 is 9.84 Å². The molecule has 0 amide bonds. The Hall–Kier alpha value is -1.75. The molecule has 0 radical (unpaired) electrons. The van der Waals surface area contributed by atoms with Gasteiger partial charge in [0.2, 0.25) is 10.0 Å². The molecule has 0 unspecified atom stereocenters. The molecule has 10 heteroatoms. The van der Waals surface area contributed by atoms with Gasteiger partial charge in [-0.3, -0.25) is 4.68 Å². The van der Waals surface area contributed by atoms with E-state index in [1.165, 1.54) is 11.4 Å². The van der Waals surface area contributed by atoms with Crippen LogP contribution in [-0.2, 0) is 21.8 Å². The summed E-state index contributed by atoms with van der Waals surface area (Å²) in [6.07, 6.45) is 0.536. The van der Waals surface area contributed by atoms with Crippen molar-refractivity contribution in [3.8, 4) is 0 Å². The third-order valence-electron chi connectivity index (χ3n) is 4.70. The number of nitrogens with one attached hydrogen (secondary N) is 1. The lowest BCUT2D eigenvalue weighted by atomic mass is 9.94. The van der Waals surface area contributed by atoms with Gasteiger partial charge in [0, 0.05) is 42.8 Å². The highest BCUT2D eigenvalue weighted by atomic mass is 32.2. The van der Waals surface area contributed by atoms with Crippen LogP contribution in [0, 0.1) is 19.8 Å². The van der Waals surface area contributed by atoms with Gasteiger partial charge in [-0.05, 0) is 26.3 Å². The lowest BCUT2D eigenvalue weighted by molar-refractivity contribution is 0.0702. The normalized spacial score (nSPS) is 20.6. The summed E-state index contributed by atoms with van der Waals surface area (Å²) in [5.74, 6) is -1.15. The number of carboxylic acid groups (broad SMARTS) is 1. The molecule has 3 heterocycles. The first-order chi connectivity index (χ1) is 12.2. The summed E-state index contributed by atoms with van der Waals surface area (Å²) in [4.78, 5) is 10.9. The largest absolute Gasteiger partial charge is 0.477 e. The van der Waals surface area contributed by atoms with E-state index in [-0.39, 0.29) is 28.3 Å². The Labute approximate surface area is 155 Å². The van der Waals surface area contributed by atoms with Crippen LogP contribution < -0.4 is 4.72 Å². The molecule has 1 saturated heterocycles. The zero-order valence-corrected chi connectivity index (χ0v) is 16.4. The van der Waals surface area contributed by atoms with E-state index < -0.39 is 16.0 Å². The molecule has 3 rings (SSSR count). The molecule has 2 N–H and O–H groups in total. The Morgan fingerprint density at radius 3 is 2.81 bits per heavy atom. The van der Waals surface area contributed by atoms with Crippen molar-refractivity contribution in [3.63, 3.8) is 0 Å². The summed E-state index contributed by atoms with van der Waals surface area (Å²) in [6.45, 7) is 4.67. The van der Waals surface area contributed by atoms with Gasteiger partial charge >= 0.3 is 5.97 Å². The van der Waals surface area contributed by atoms with E-state index in [1.54, 1.807) is 4.68 Å². The number of sulfonamides is 1. The summed E-state index contributed by atoms with van der Waals surface area (Å²) in [5, 5.41) is 14.7. The number of hydrogen-bond donors (Lipinski definition) is 2. The molecule has 2 aromatic heterocycles. The van der Waals surface area contributed by atoms with Crippen LogP contribution in [-0.4, -0.2) is 42.4 Å². The number of carbonyl (C=O) groups is 1. The number of nitrogens with zero attached hydrogens (tertiary/aromatic N) is 2. The smallest absolute Gasteiger partial charge is 0.345 e. The molecule has 26 heavy (non-hydrogen) atoms. The van der Waals surface area contributed by atoms with Crippen molar-refractivity contribution in [2.45, 2.75) is 31.3 Å². The maximum absolute atomic E-state index is 12.5. The van der Waals surface area contributed by atoms with Crippen LogP contribution in [0.1, 0.15) is 39.1 Å². The maximum Gasteiger partial charge on any atom is 0.345 e. The van der Waals surface area contributed by atoms with Crippen molar-refractivity contribution in [1.82, 2.24) is 14.5 Å². The predicted octanol–water partition coefficient (Wildman–Crippen LogP) is 1.85. The fourth-order valence-corrected chi connectivity index (χ4v) is 5.44. The molecular weight excluding hydrogens is 378 g/mol. The number of ether oxygens (including phenoxy) is 1. The van der Waals surface area contributed by atoms with Crippen LogP contribution in [0.15, 0.2) is 16.3 Å². The van der Waals surface area contributed by atoms with Crippen molar-refractivity contribution in [2.24, 2.45) is 13.0 Å². The van der Waals surface area contributed by atoms with E-state index in [9.17, 15) is 13.2 Å². The Morgan fingerprint density at radius 2 is 2.23 bits per heavy atom. The van der Waals surface area contributed by atoms with Gasteiger partial charge in [-0.1, -0.05) is 0 Å². The summed E-state index contributed by atoms with van der Waals surface area (Å²) < 4.78 is 35.2. The topological polar surface area (TPSA) is 111 Å². The fraction of sp³-hybridized carbons (Fsp3) is 0.500. The second-order valence-corrected chi connectivity index (χ2v) is 9.03. The van der Waals surface area contributed by atoms with Crippen LogP contribution in [0.3, 0.4) is 0 Å². The number of carboxylic acids is 1. The molecular formula is C16H21N3O5S2. The minimum absolute atomic E-state index is 0.00550. The van der Waals surface area contributed by atoms with Gasteiger partial charge in [0.1, 0.15) is 4.88 Å².